The Morgan fingerprint density at radius 3 is 3.00 bits per heavy atom. The van der Waals surface area contributed by atoms with Crippen LogP contribution in [0.2, 0.25) is 0 Å². The van der Waals surface area contributed by atoms with Crippen LogP contribution in [0, 0.1) is 11.3 Å². The van der Waals surface area contributed by atoms with Crippen molar-refractivity contribution in [2.75, 3.05) is 25.0 Å². The number of thiazole rings is 1. The third-order valence-electron chi connectivity index (χ3n) is 4.34. The quantitative estimate of drug-likeness (QED) is 0.744. The molecule has 28 heavy (non-hydrogen) atoms. The van der Waals surface area contributed by atoms with Gasteiger partial charge in [-0.15, -0.1) is 11.3 Å². The van der Waals surface area contributed by atoms with Crippen molar-refractivity contribution in [3.8, 4) is 6.07 Å². The van der Waals surface area contributed by atoms with Gasteiger partial charge in [-0.05, 0) is 46.2 Å². The first kappa shape index (κ1) is 20.2. The summed E-state index contributed by atoms with van der Waals surface area (Å²) in [6.45, 7) is 8.03. The van der Waals surface area contributed by atoms with Gasteiger partial charge in [0.15, 0.2) is 5.13 Å². The van der Waals surface area contributed by atoms with E-state index in [1.54, 1.807) is 11.6 Å². The Morgan fingerprint density at radius 2 is 2.25 bits per heavy atom. The van der Waals surface area contributed by atoms with Gasteiger partial charge in [0.25, 0.3) is 5.91 Å². The number of carbonyl (C=O) groups excluding carboxylic acids is 1. The molecule has 1 atom stereocenters. The number of nitriles is 1. The standard InChI is InChI=1S/C19H25N7OS/c1-19(2,3)25-16(27)15-12-28-18(23-15)24-17-21-8-6-14(22-17)13-5-4-9-26(11-13)10-7-20/h6,8,12-13H,4-5,9-11H2,1-3H3,(H,25,27)(H,21,22,23,24). The van der Waals surface area contributed by atoms with E-state index in [1.165, 1.54) is 11.3 Å². The maximum absolute atomic E-state index is 12.2. The van der Waals surface area contributed by atoms with Crippen molar-refractivity contribution in [3.05, 3.63) is 29.0 Å². The van der Waals surface area contributed by atoms with Gasteiger partial charge >= 0.3 is 0 Å². The van der Waals surface area contributed by atoms with Crippen molar-refractivity contribution in [1.29, 1.82) is 5.26 Å². The van der Waals surface area contributed by atoms with E-state index in [0.717, 1.165) is 31.6 Å². The fourth-order valence-corrected chi connectivity index (χ4v) is 3.82. The van der Waals surface area contributed by atoms with Gasteiger partial charge in [-0.25, -0.2) is 15.0 Å². The van der Waals surface area contributed by atoms with Crippen LogP contribution >= 0.6 is 11.3 Å². The average Bonchev–Trinajstić information content (AvgIpc) is 3.10. The lowest BCUT2D eigenvalue weighted by Gasteiger charge is -2.30. The largest absolute Gasteiger partial charge is 0.346 e. The van der Waals surface area contributed by atoms with Crippen LogP contribution in [0.1, 0.15) is 55.7 Å². The summed E-state index contributed by atoms with van der Waals surface area (Å²) >= 11 is 1.34. The van der Waals surface area contributed by atoms with E-state index in [1.807, 2.05) is 26.8 Å². The first-order valence-electron chi connectivity index (χ1n) is 9.31. The Labute approximate surface area is 169 Å². The summed E-state index contributed by atoms with van der Waals surface area (Å²) in [5.74, 6) is 0.549. The van der Waals surface area contributed by atoms with Gasteiger partial charge in [-0.3, -0.25) is 9.69 Å². The van der Waals surface area contributed by atoms with Crippen LogP contribution in [0.4, 0.5) is 11.1 Å². The monoisotopic (exact) mass is 399 g/mol. The molecular weight excluding hydrogens is 374 g/mol. The number of amides is 1. The van der Waals surface area contributed by atoms with E-state index >= 15 is 0 Å². The van der Waals surface area contributed by atoms with E-state index in [0.29, 0.717) is 23.3 Å². The Morgan fingerprint density at radius 1 is 1.43 bits per heavy atom. The zero-order valence-corrected chi connectivity index (χ0v) is 17.2. The summed E-state index contributed by atoms with van der Waals surface area (Å²) in [4.78, 5) is 27.6. The third kappa shape index (κ3) is 5.47. The number of rotatable bonds is 5. The molecule has 2 aromatic rings. The van der Waals surface area contributed by atoms with Gasteiger partial charge in [0.05, 0.1) is 18.3 Å². The summed E-state index contributed by atoms with van der Waals surface area (Å²) in [6, 6.07) is 4.15. The van der Waals surface area contributed by atoms with Crippen molar-refractivity contribution < 1.29 is 4.79 Å². The van der Waals surface area contributed by atoms with Crippen LogP contribution in [-0.2, 0) is 0 Å². The van der Waals surface area contributed by atoms with E-state index in [-0.39, 0.29) is 17.4 Å². The highest BCUT2D eigenvalue weighted by molar-refractivity contribution is 7.14. The molecule has 1 saturated heterocycles. The van der Waals surface area contributed by atoms with Crippen molar-refractivity contribution in [1.82, 2.24) is 25.2 Å². The molecule has 0 saturated carbocycles. The normalized spacial score (nSPS) is 17.7. The van der Waals surface area contributed by atoms with E-state index < -0.39 is 0 Å². The average molecular weight is 400 g/mol. The fourth-order valence-electron chi connectivity index (χ4n) is 3.14. The lowest BCUT2D eigenvalue weighted by Crippen LogP contribution is -2.40. The van der Waals surface area contributed by atoms with Gasteiger partial charge < -0.3 is 10.6 Å². The Balaban J connectivity index is 1.67. The van der Waals surface area contributed by atoms with Crippen LogP contribution < -0.4 is 10.6 Å². The molecule has 3 heterocycles. The first-order valence-corrected chi connectivity index (χ1v) is 10.2. The first-order chi connectivity index (χ1) is 13.3. The molecule has 1 unspecified atom stereocenters. The number of hydrogen-bond acceptors (Lipinski definition) is 8. The molecule has 1 aliphatic heterocycles. The van der Waals surface area contributed by atoms with Crippen molar-refractivity contribution in [2.45, 2.75) is 45.1 Å². The molecule has 0 aromatic carbocycles. The van der Waals surface area contributed by atoms with Gasteiger partial charge in [-0.1, -0.05) is 0 Å². The third-order valence-corrected chi connectivity index (χ3v) is 5.10. The zero-order valence-electron chi connectivity index (χ0n) is 16.4. The van der Waals surface area contributed by atoms with Gasteiger partial charge in [0.1, 0.15) is 5.69 Å². The summed E-state index contributed by atoms with van der Waals surface area (Å²) < 4.78 is 0. The van der Waals surface area contributed by atoms with Crippen molar-refractivity contribution in [2.24, 2.45) is 0 Å². The predicted octanol–water partition coefficient (Wildman–Crippen LogP) is 2.91. The highest BCUT2D eigenvalue weighted by Gasteiger charge is 2.23. The van der Waals surface area contributed by atoms with E-state index in [2.05, 4.69) is 36.6 Å². The SMILES string of the molecule is CC(C)(C)NC(=O)c1csc(Nc2nccc(C3CCCN(CC#N)C3)n2)n1. The summed E-state index contributed by atoms with van der Waals surface area (Å²) in [6.07, 6.45) is 3.83. The minimum Gasteiger partial charge on any atom is -0.346 e. The lowest BCUT2D eigenvalue weighted by molar-refractivity contribution is 0.0915. The zero-order chi connectivity index (χ0) is 20.1. The predicted molar refractivity (Wildman–Crippen MR) is 109 cm³/mol. The van der Waals surface area contributed by atoms with E-state index in [4.69, 9.17) is 5.26 Å². The lowest BCUT2D eigenvalue weighted by atomic mass is 9.94. The molecular formula is C19H25N7OS. The molecule has 1 amide bonds. The number of piperidine rings is 1. The van der Waals surface area contributed by atoms with Crippen LogP contribution in [-0.4, -0.2) is 50.9 Å². The minimum atomic E-state index is -0.314. The molecule has 0 bridgehead atoms. The number of anilines is 2. The van der Waals surface area contributed by atoms with E-state index in [9.17, 15) is 4.79 Å². The van der Waals surface area contributed by atoms with Crippen LogP contribution in [0.25, 0.3) is 0 Å². The highest BCUT2D eigenvalue weighted by atomic mass is 32.1. The number of likely N-dealkylation sites (tertiary alicyclic amines) is 1. The molecule has 8 nitrogen and oxygen atoms in total. The van der Waals surface area contributed by atoms with Gasteiger partial charge in [0, 0.05) is 29.6 Å². The summed E-state index contributed by atoms with van der Waals surface area (Å²) in [7, 11) is 0. The molecule has 2 aromatic heterocycles. The summed E-state index contributed by atoms with van der Waals surface area (Å²) in [5, 5.41) is 17.2. The van der Waals surface area contributed by atoms with Crippen LogP contribution in [0.15, 0.2) is 17.6 Å². The van der Waals surface area contributed by atoms with Gasteiger partial charge in [0.2, 0.25) is 5.95 Å². The second kappa shape index (κ2) is 8.63. The maximum atomic E-state index is 12.2. The molecule has 3 rings (SSSR count). The number of nitrogens with one attached hydrogen (secondary N) is 2. The molecule has 0 spiro atoms. The molecule has 148 valence electrons. The molecule has 2 N–H and O–H groups in total. The second-order valence-electron chi connectivity index (χ2n) is 7.90. The molecule has 1 aliphatic rings. The smallest absolute Gasteiger partial charge is 0.271 e. The Hall–Kier alpha value is -2.57. The molecule has 0 radical (unpaired) electrons. The number of carbonyl (C=O) groups is 1. The van der Waals surface area contributed by atoms with Crippen molar-refractivity contribution >= 4 is 28.3 Å². The number of hydrogen-bond donors (Lipinski definition) is 2. The Kier molecular flexibility index (Phi) is 6.21. The molecule has 1 fully saturated rings. The number of aromatic nitrogens is 3. The van der Waals surface area contributed by atoms with Crippen LogP contribution in [0.3, 0.4) is 0 Å². The topological polar surface area (TPSA) is 107 Å². The minimum absolute atomic E-state index is 0.203. The molecule has 0 aliphatic carbocycles. The number of nitrogens with zero attached hydrogens (tertiary/aromatic N) is 5. The second-order valence-corrected chi connectivity index (χ2v) is 8.76. The summed E-state index contributed by atoms with van der Waals surface area (Å²) in [5.41, 5.74) is 1.02. The van der Waals surface area contributed by atoms with Crippen molar-refractivity contribution in [3.63, 3.8) is 0 Å². The molecule has 9 heteroatoms. The maximum Gasteiger partial charge on any atom is 0.271 e. The van der Waals surface area contributed by atoms with Gasteiger partial charge in [-0.2, -0.15) is 5.26 Å². The Bertz CT molecular complexity index is 868. The fraction of sp³-hybridized carbons (Fsp3) is 0.526. The van der Waals surface area contributed by atoms with Crippen LogP contribution in [0.5, 0.6) is 0 Å². The highest BCUT2D eigenvalue weighted by Crippen LogP contribution is 2.26.